The predicted octanol–water partition coefficient (Wildman–Crippen LogP) is 3.93. The van der Waals surface area contributed by atoms with Crippen molar-refractivity contribution in [3.63, 3.8) is 0 Å². The minimum atomic E-state index is -4.37. The van der Waals surface area contributed by atoms with Crippen LogP contribution in [0.3, 0.4) is 0 Å². The van der Waals surface area contributed by atoms with Crippen molar-refractivity contribution in [1.29, 1.82) is 0 Å². The molecule has 0 radical (unpaired) electrons. The van der Waals surface area contributed by atoms with Crippen molar-refractivity contribution in [1.82, 2.24) is 0 Å². The molecular weight excluding hydrogens is 317 g/mol. The Bertz CT molecular complexity index is 418. The normalized spacial score (nSPS) is 11.6. The number of Topliss-reactive ketones (excluding diaryl/α,β-unsaturated/α-hetero) is 1. The zero-order chi connectivity index (χ0) is 13.1. The van der Waals surface area contributed by atoms with Crippen molar-refractivity contribution < 1.29 is 18.0 Å². The molecule has 0 amide bonds. The largest absolute Gasteiger partial charge is 0.416 e. The molecular formula is C11H10BrF3OS. The van der Waals surface area contributed by atoms with Gasteiger partial charge < -0.3 is 0 Å². The van der Waals surface area contributed by atoms with Crippen LogP contribution in [0, 0.1) is 0 Å². The van der Waals surface area contributed by atoms with Gasteiger partial charge in [0.1, 0.15) is 5.78 Å². The van der Waals surface area contributed by atoms with Crippen LogP contribution in [0.2, 0.25) is 0 Å². The van der Waals surface area contributed by atoms with Crippen molar-refractivity contribution in [3.8, 4) is 0 Å². The Kier molecular flexibility index (Phi) is 5.06. The summed E-state index contributed by atoms with van der Waals surface area (Å²) in [5, 5.41) is 0.150. The van der Waals surface area contributed by atoms with E-state index in [1.165, 1.54) is 17.8 Å². The summed E-state index contributed by atoms with van der Waals surface area (Å²) in [4.78, 5) is 12.0. The van der Waals surface area contributed by atoms with E-state index in [0.29, 0.717) is 10.5 Å². The van der Waals surface area contributed by atoms with E-state index >= 15 is 0 Å². The number of halogens is 4. The van der Waals surface area contributed by atoms with Gasteiger partial charge in [0, 0.05) is 11.3 Å². The molecule has 1 nitrogen and oxygen atoms in total. The van der Waals surface area contributed by atoms with Gasteiger partial charge in [-0.15, -0.1) is 11.8 Å². The van der Waals surface area contributed by atoms with Crippen LogP contribution in [0.15, 0.2) is 23.1 Å². The Labute approximate surface area is 110 Å². The molecule has 0 atom stereocenters. The fraction of sp³-hybridized carbons (Fsp3) is 0.364. The molecule has 0 N–H and O–H groups in total. The number of thioether (sulfide) groups is 1. The third-order valence-corrected chi connectivity index (χ3v) is 3.61. The summed E-state index contributed by atoms with van der Waals surface area (Å²) in [6.45, 7) is 0. The third kappa shape index (κ3) is 4.03. The molecule has 0 spiro atoms. The number of ketones is 1. The van der Waals surface area contributed by atoms with Crippen molar-refractivity contribution in [2.24, 2.45) is 0 Å². The van der Waals surface area contributed by atoms with Gasteiger partial charge in [0.2, 0.25) is 0 Å². The quantitative estimate of drug-likeness (QED) is 0.616. The third-order valence-electron chi connectivity index (χ3n) is 2.14. The number of hydrogen-bond donors (Lipinski definition) is 0. The Morgan fingerprint density at radius 2 is 2.06 bits per heavy atom. The second kappa shape index (κ2) is 5.91. The highest BCUT2D eigenvalue weighted by Gasteiger charge is 2.31. The van der Waals surface area contributed by atoms with E-state index in [-0.39, 0.29) is 17.5 Å². The molecule has 0 fully saturated rings. The van der Waals surface area contributed by atoms with Gasteiger partial charge in [-0.25, -0.2) is 0 Å². The van der Waals surface area contributed by atoms with Gasteiger partial charge >= 0.3 is 6.18 Å². The van der Waals surface area contributed by atoms with E-state index in [9.17, 15) is 18.0 Å². The van der Waals surface area contributed by atoms with Crippen LogP contribution >= 0.6 is 27.7 Å². The molecule has 0 saturated heterocycles. The molecule has 1 aromatic carbocycles. The number of benzene rings is 1. The average molecular weight is 327 g/mol. The maximum atomic E-state index is 12.5. The highest BCUT2D eigenvalue weighted by molar-refractivity contribution is 9.09. The maximum absolute atomic E-state index is 12.5. The highest BCUT2D eigenvalue weighted by Crippen LogP contribution is 2.32. The topological polar surface area (TPSA) is 17.1 Å². The molecule has 17 heavy (non-hydrogen) atoms. The smallest absolute Gasteiger partial charge is 0.298 e. The van der Waals surface area contributed by atoms with Crippen molar-refractivity contribution >= 4 is 33.5 Å². The van der Waals surface area contributed by atoms with Gasteiger partial charge in [-0.2, -0.15) is 13.2 Å². The van der Waals surface area contributed by atoms with E-state index in [4.69, 9.17) is 0 Å². The Morgan fingerprint density at radius 3 is 2.53 bits per heavy atom. The summed E-state index contributed by atoms with van der Waals surface area (Å²) in [5.74, 6) is -0.139. The van der Waals surface area contributed by atoms with Gasteiger partial charge in [-0.3, -0.25) is 4.79 Å². The summed E-state index contributed by atoms with van der Waals surface area (Å²) in [7, 11) is 0. The molecule has 0 heterocycles. The van der Waals surface area contributed by atoms with Gasteiger partial charge in [-0.1, -0.05) is 15.9 Å². The number of rotatable bonds is 4. The van der Waals surface area contributed by atoms with Gasteiger partial charge in [0.25, 0.3) is 0 Å². The summed E-state index contributed by atoms with van der Waals surface area (Å²) in [6.07, 6.45) is -2.58. The zero-order valence-corrected chi connectivity index (χ0v) is 11.4. The lowest BCUT2D eigenvalue weighted by Crippen LogP contribution is -2.09. The molecule has 0 aliphatic rings. The monoisotopic (exact) mass is 326 g/mol. The fourth-order valence-corrected chi connectivity index (χ4v) is 2.15. The van der Waals surface area contributed by atoms with Crippen LogP contribution in [0.25, 0.3) is 0 Å². The molecule has 0 aliphatic heterocycles. The Morgan fingerprint density at radius 1 is 1.41 bits per heavy atom. The lowest BCUT2D eigenvalue weighted by atomic mass is 10.1. The van der Waals surface area contributed by atoms with Crippen LogP contribution in [0.5, 0.6) is 0 Å². The number of alkyl halides is 4. The number of hydrogen-bond acceptors (Lipinski definition) is 2. The van der Waals surface area contributed by atoms with Gasteiger partial charge in [-0.05, 0) is 30.0 Å². The summed E-state index contributed by atoms with van der Waals surface area (Å²) >= 11 is 4.33. The molecule has 0 aromatic heterocycles. The van der Waals surface area contributed by atoms with E-state index in [2.05, 4.69) is 15.9 Å². The van der Waals surface area contributed by atoms with E-state index < -0.39 is 11.7 Å². The summed E-state index contributed by atoms with van der Waals surface area (Å²) < 4.78 is 37.6. The molecule has 0 aliphatic carbocycles. The van der Waals surface area contributed by atoms with Crippen LogP contribution in [0.1, 0.15) is 11.1 Å². The van der Waals surface area contributed by atoms with Crippen LogP contribution in [0.4, 0.5) is 13.2 Å². The van der Waals surface area contributed by atoms with Crippen LogP contribution in [-0.4, -0.2) is 17.4 Å². The summed E-state index contributed by atoms with van der Waals surface area (Å²) in [5.41, 5.74) is -0.288. The van der Waals surface area contributed by atoms with Crippen LogP contribution < -0.4 is 0 Å². The standard InChI is InChI=1S/C11H10BrF3OS/c1-17-10-3-2-8(11(13,14)15)4-7(10)5-9(16)6-12/h2-4H,5-6H2,1H3. The second-order valence-corrected chi connectivity index (χ2v) is 4.78. The SMILES string of the molecule is CSc1ccc(C(F)(F)F)cc1CC(=O)CBr. The van der Waals surface area contributed by atoms with E-state index in [1.54, 1.807) is 6.26 Å². The number of carbonyl (C=O) groups excluding carboxylic acids is 1. The first-order chi connectivity index (χ1) is 7.88. The molecule has 0 saturated carbocycles. The minimum absolute atomic E-state index is 0.0192. The molecule has 1 aromatic rings. The Hall–Kier alpha value is -0.490. The highest BCUT2D eigenvalue weighted by atomic mass is 79.9. The minimum Gasteiger partial charge on any atom is -0.298 e. The number of carbonyl (C=O) groups is 1. The predicted molar refractivity (Wildman–Crippen MR) is 65.7 cm³/mol. The van der Waals surface area contributed by atoms with Crippen molar-refractivity contribution in [3.05, 3.63) is 29.3 Å². The summed E-state index contributed by atoms with van der Waals surface area (Å²) in [6, 6.07) is 3.49. The first-order valence-electron chi connectivity index (χ1n) is 4.70. The average Bonchev–Trinajstić information content (AvgIpc) is 2.27. The van der Waals surface area contributed by atoms with Crippen molar-refractivity contribution in [2.45, 2.75) is 17.5 Å². The Balaban J connectivity index is 3.11. The fourth-order valence-electron chi connectivity index (χ4n) is 1.35. The molecule has 0 bridgehead atoms. The second-order valence-electron chi connectivity index (χ2n) is 3.37. The first kappa shape index (κ1) is 14.6. The maximum Gasteiger partial charge on any atom is 0.416 e. The van der Waals surface area contributed by atoms with E-state index in [1.807, 2.05) is 0 Å². The van der Waals surface area contributed by atoms with Gasteiger partial charge in [0.15, 0.2) is 0 Å². The van der Waals surface area contributed by atoms with E-state index in [0.717, 1.165) is 12.1 Å². The van der Waals surface area contributed by atoms with Crippen molar-refractivity contribution in [2.75, 3.05) is 11.6 Å². The zero-order valence-electron chi connectivity index (χ0n) is 8.97. The molecule has 1 rings (SSSR count). The molecule has 0 unspecified atom stereocenters. The lowest BCUT2D eigenvalue weighted by molar-refractivity contribution is -0.137. The van der Waals surface area contributed by atoms with Crippen LogP contribution in [-0.2, 0) is 17.4 Å². The lowest BCUT2D eigenvalue weighted by Gasteiger charge is -2.11. The molecule has 94 valence electrons. The van der Waals surface area contributed by atoms with Gasteiger partial charge in [0.05, 0.1) is 10.9 Å². The molecule has 6 heteroatoms. The first-order valence-corrected chi connectivity index (χ1v) is 7.05.